The molecule has 0 aliphatic carbocycles. The van der Waals surface area contributed by atoms with Crippen molar-refractivity contribution in [3.63, 3.8) is 0 Å². The van der Waals surface area contributed by atoms with Crippen molar-refractivity contribution in [2.45, 2.75) is 51.1 Å². The summed E-state index contributed by atoms with van der Waals surface area (Å²) >= 11 is 0. The van der Waals surface area contributed by atoms with Gasteiger partial charge in [0.05, 0.1) is 18.6 Å². The molecule has 1 spiro atoms. The summed E-state index contributed by atoms with van der Waals surface area (Å²) in [6, 6.07) is 8.84. The quantitative estimate of drug-likeness (QED) is 0.777. The minimum Gasteiger partial charge on any atom is -0.469 e. The minimum absolute atomic E-state index is 0.0538. The number of carbonyl (C=O) groups is 2. The van der Waals surface area contributed by atoms with Gasteiger partial charge in [-0.1, -0.05) is 38.1 Å². The van der Waals surface area contributed by atoms with Gasteiger partial charge in [-0.15, -0.1) is 0 Å². The van der Waals surface area contributed by atoms with Gasteiger partial charge >= 0.3 is 5.97 Å². The molecule has 0 aromatic heterocycles. The second-order valence-electron chi connectivity index (χ2n) is 8.01. The molecule has 1 atom stereocenters. The molecule has 0 bridgehead atoms. The van der Waals surface area contributed by atoms with Crippen LogP contribution in [0, 0.1) is 5.92 Å². The third-order valence-electron chi connectivity index (χ3n) is 6.33. The van der Waals surface area contributed by atoms with Crippen molar-refractivity contribution in [1.29, 1.82) is 0 Å². The van der Waals surface area contributed by atoms with Gasteiger partial charge in [-0.2, -0.15) is 0 Å². The number of likely N-dealkylation sites (tertiary alicyclic amines) is 2. The molecule has 1 amide bonds. The van der Waals surface area contributed by atoms with Crippen LogP contribution < -0.4 is 0 Å². The normalized spacial score (nSPS) is 23.0. The lowest BCUT2D eigenvalue weighted by atomic mass is 9.77. The molecule has 3 rings (SSSR count). The van der Waals surface area contributed by atoms with E-state index in [2.05, 4.69) is 43.0 Å². The third-order valence-corrected chi connectivity index (χ3v) is 6.33. The number of benzene rings is 1. The molecular formula is C21H30N2O3. The zero-order valence-corrected chi connectivity index (χ0v) is 16.3. The minimum atomic E-state index is -0.373. The molecule has 5 nitrogen and oxygen atoms in total. The number of amides is 1. The van der Waals surface area contributed by atoms with Crippen molar-refractivity contribution in [3.05, 3.63) is 35.4 Å². The summed E-state index contributed by atoms with van der Waals surface area (Å²) in [6.45, 7) is 7.09. The molecule has 0 saturated carbocycles. The standard InChI is InChI=1S/C21H30N2O3/c1-15(2)17-7-5-16(6-8-17)14-23-11-9-21(10-12-23)18(20(25)26-4)13-19(24)22(21)3/h5-8,15,18H,9-14H2,1-4H3. The van der Waals surface area contributed by atoms with Crippen molar-refractivity contribution < 1.29 is 14.3 Å². The Morgan fingerprint density at radius 3 is 2.38 bits per heavy atom. The summed E-state index contributed by atoms with van der Waals surface area (Å²) in [5, 5.41) is 0. The lowest BCUT2D eigenvalue weighted by Crippen LogP contribution is -2.56. The first-order valence-corrected chi connectivity index (χ1v) is 9.53. The first-order chi connectivity index (χ1) is 12.4. The Hall–Kier alpha value is -1.88. The fourth-order valence-corrected chi connectivity index (χ4v) is 4.48. The molecule has 1 unspecified atom stereocenters. The van der Waals surface area contributed by atoms with Crippen LogP contribution in [0.4, 0.5) is 0 Å². The fraction of sp³-hybridized carbons (Fsp3) is 0.619. The van der Waals surface area contributed by atoms with Crippen LogP contribution in [-0.4, -0.2) is 54.5 Å². The van der Waals surface area contributed by atoms with Gasteiger partial charge in [0.2, 0.25) is 5.91 Å². The molecular weight excluding hydrogens is 328 g/mol. The van der Waals surface area contributed by atoms with Crippen LogP contribution in [0.5, 0.6) is 0 Å². The second kappa shape index (κ2) is 7.39. The lowest BCUT2D eigenvalue weighted by molar-refractivity contribution is -0.149. The number of ether oxygens (including phenoxy) is 1. The van der Waals surface area contributed by atoms with Crippen LogP contribution in [0.25, 0.3) is 0 Å². The van der Waals surface area contributed by atoms with Crippen molar-refractivity contribution in [2.75, 3.05) is 27.2 Å². The van der Waals surface area contributed by atoms with Crippen LogP contribution in [0.3, 0.4) is 0 Å². The number of carbonyl (C=O) groups excluding carboxylic acids is 2. The fourth-order valence-electron chi connectivity index (χ4n) is 4.48. The van der Waals surface area contributed by atoms with Crippen LogP contribution in [-0.2, 0) is 20.9 Å². The molecule has 0 N–H and O–H groups in total. The summed E-state index contributed by atoms with van der Waals surface area (Å²) in [7, 11) is 3.25. The van der Waals surface area contributed by atoms with E-state index in [0.717, 1.165) is 32.5 Å². The predicted molar refractivity (Wildman–Crippen MR) is 101 cm³/mol. The van der Waals surface area contributed by atoms with Crippen LogP contribution in [0.2, 0.25) is 0 Å². The van der Waals surface area contributed by atoms with E-state index in [1.54, 1.807) is 0 Å². The molecule has 1 aromatic rings. The number of nitrogens with zero attached hydrogens (tertiary/aromatic N) is 2. The molecule has 0 radical (unpaired) electrons. The van der Waals surface area contributed by atoms with E-state index in [0.29, 0.717) is 5.92 Å². The largest absolute Gasteiger partial charge is 0.469 e. The van der Waals surface area contributed by atoms with Crippen molar-refractivity contribution in [2.24, 2.45) is 5.92 Å². The van der Waals surface area contributed by atoms with E-state index in [-0.39, 0.29) is 29.8 Å². The molecule has 2 aliphatic heterocycles. The summed E-state index contributed by atoms with van der Waals surface area (Å²) in [5.41, 5.74) is 2.30. The Morgan fingerprint density at radius 1 is 1.23 bits per heavy atom. The number of hydrogen-bond acceptors (Lipinski definition) is 4. The topological polar surface area (TPSA) is 49.9 Å². The van der Waals surface area contributed by atoms with E-state index < -0.39 is 0 Å². The van der Waals surface area contributed by atoms with Gasteiger partial charge in [-0.05, 0) is 29.9 Å². The lowest BCUT2D eigenvalue weighted by Gasteiger charge is -2.45. The van der Waals surface area contributed by atoms with Crippen LogP contribution in [0.1, 0.15) is 50.2 Å². The number of piperidine rings is 1. The van der Waals surface area contributed by atoms with Gasteiger partial charge in [-0.3, -0.25) is 14.5 Å². The van der Waals surface area contributed by atoms with E-state index in [1.165, 1.54) is 18.2 Å². The zero-order valence-electron chi connectivity index (χ0n) is 16.3. The molecule has 26 heavy (non-hydrogen) atoms. The maximum Gasteiger partial charge on any atom is 0.311 e. The molecule has 2 saturated heterocycles. The molecule has 2 fully saturated rings. The Morgan fingerprint density at radius 2 is 1.85 bits per heavy atom. The highest BCUT2D eigenvalue weighted by atomic mass is 16.5. The van der Waals surface area contributed by atoms with Gasteiger partial charge in [0.25, 0.3) is 0 Å². The van der Waals surface area contributed by atoms with Crippen LogP contribution in [0.15, 0.2) is 24.3 Å². The number of hydrogen-bond donors (Lipinski definition) is 0. The smallest absolute Gasteiger partial charge is 0.311 e. The van der Waals surface area contributed by atoms with E-state index in [4.69, 9.17) is 4.74 Å². The molecule has 1 aromatic carbocycles. The second-order valence-corrected chi connectivity index (χ2v) is 8.01. The zero-order chi connectivity index (χ0) is 18.9. The third kappa shape index (κ3) is 3.37. The van der Waals surface area contributed by atoms with Gasteiger partial charge in [0.1, 0.15) is 0 Å². The summed E-state index contributed by atoms with van der Waals surface area (Å²) in [6.07, 6.45) is 1.91. The summed E-state index contributed by atoms with van der Waals surface area (Å²) in [5.74, 6) is 0.0145. The van der Waals surface area contributed by atoms with Crippen molar-refractivity contribution >= 4 is 11.9 Å². The molecule has 2 heterocycles. The summed E-state index contributed by atoms with van der Waals surface area (Å²) < 4.78 is 4.98. The first-order valence-electron chi connectivity index (χ1n) is 9.53. The molecule has 2 aliphatic rings. The van der Waals surface area contributed by atoms with Crippen LogP contribution >= 0.6 is 0 Å². The highest BCUT2D eigenvalue weighted by Crippen LogP contribution is 2.43. The molecule has 5 heteroatoms. The Balaban J connectivity index is 1.66. The van der Waals surface area contributed by atoms with Crippen molar-refractivity contribution in [3.8, 4) is 0 Å². The van der Waals surface area contributed by atoms with Gasteiger partial charge in [0, 0.05) is 33.1 Å². The van der Waals surface area contributed by atoms with Gasteiger partial charge < -0.3 is 9.64 Å². The summed E-state index contributed by atoms with van der Waals surface area (Å²) in [4.78, 5) is 28.7. The first kappa shape index (κ1) is 18.9. The number of esters is 1. The number of rotatable bonds is 4. The SMILES string of the molecule is COC(=O)C1CC(=O)N(C)C12CCN(Cc1ccc(C(C)C)cc1)CC2. The maximum absolute atomic E-state index is 12.2. The monoisotopic (exact) mass is 358 g/mol. The van der Waals surface area contributed by atoms with Crippen molar-refractivity contribution in [1.82, 2.24) is 9.80 Å². The maximum atomic E-state index is 12.2. The Bertz CT molecular complexity index is 660. The van der Waals surface area contributed by atoms with Gasteiger partial charge in [-0.25, -0.2) is 0 Å². The highest BCUT2D eigenvalue weighted by Gasteiger charge is 2.55. The average Bonchev–Trinajstić information content (AvgIpc) is 2.88. The number of methoxy groups -OCH3 is 1. The van der Waals surface area contributed by atoms with E-state index >= 15 is 0 Å². The highest BCUT2D eigenvalue weighted by molar-refractivity contribution is 5.88. The predicted octanol–water partition coefficient (Wildman–Crippen LogP) is 2.80. The van der Waals surface area contributed by atoms with Gasteiger partial charge in [0.15, 0.2) is 0 Å². The van der Waals surface area contributed by atoms with E-state index in [1.807, 2.05) is 11.9 Å². The molecule has 142 valence electrons. The Kier molecular flexibility index (Phi) is 5.37. The Labute approximate surface area is 156 Å². The van der Waals surface area contributed by atoms with E-state index in [9.17, 15) is 9.59 Å². The average molecular weight is 358 g/mol.